The highest BCUT2D eigenvalue weighted by molar-refractivity contribution is 9.10. The third-order valence-electron chi connectivity index (χ3n) is 2.24. The Morgan fingerprint density at radius 1 is 1.44 bits per heavy atom. The second-order valence-corrected chi connectivity index (χ2v) is 4.60. The summed E-state index contributed by atoms with van der Waals surface area (Å²) in [5, 5.41) is 3.74. The van der Waals surface area contributed by atoms with Gasteiger partial charge in [-0.3, -0.25) is 4.57 Å². The molecule has 1 heterocycles. The predicted molar refractivity (Wildman–Crippen MR) is 70.6 cm³/mol. The molecule has 84 valence electrons. The molecule has 0 saturated carbocycles. The van der Waals surface area contributed by atoms with Gasteiger partial charge in [0.2, 0.25) is 5.95 Å². The molecule has 2 aromatic rings. The Morgan fingerprint density at radius 2 is 2.19 bits per heavy atom. The van der Waals surface area contributed by atoms with Gasteiger partial charge in [0.05, 0.1) is 20.9 Å². The summed E-state index contributed by atoms with van der Waals surface area (Å²) in [6, 6.07) is 5.74. The monoisotopic (exact) mass is 299 g/mol. The molecular formula is C11H11BrClN3. The Morgan fingerprint density at radius 3 is 2.88 bits per heavy atom. The lowest BCUT2D eigenvalue weighted by Gasteiger charge is -2.09. The number of benzene rings is 1. The van der Waals surface area contributed by atoms with Gasteiger partial charge in [0, 0.05) is 13.2 Å². The SMILES string of the molecule is CNc1nc(C)cn1-c1cccc(Cl)c1Br. The molecule has 0 saturated heterocycles. The highest BCUT2D eigenvalue weighted by atomic mass is 79.9. The second kappa shape index (κ2) is 4.47. The quantitative estimate of drug-likeness (QED) is 0.917. The fraction of sp³-hybridized carbons (Fsp3) is 0.182. The smallest absolute Gasteiger partial charge is 0.207 e. The fourth-order valence-corrected chi connectivity index (χ4v) is 2.16. The van der Waals surface area contributed by atoms with Gasteiger partial charge in [-0.05, 0) is 35.0 Å². The van der Waals surface area contributed by atoms with Gasteiger partial charge in [-0.25, -0.2) is 4.98 Å². The normalized spacial score (nSPS) is 10.5. The first kappa shape index (κ1) is 11.5. The number of halogens is 2. The summed E-state index contributed by atoms with van der Waals surface area (Å²) in [5.74, 6) is 0.792. The zero-order valence-corrected chi connectivity index (χ0v) is 11.3. The van der Waals surface area contributed by atoms with E-state index in [0.717, 1.165) is 21.8 Å². The summed E-state index contributed by atoms with van der Waals surface area (Å²) in [7, 11) is 1.84. The topological polar surface area (TPSA) is 29.9 Å². The molecule has 16 heavy (non-hydrogen) atoms. The maximum atomic E-state index is 6.07. The van der Waals surface area contributed by atoms with Crippen LogP contribution in [0.2, 0.25) is 5.02 Å². The van der Waals surface area contributed by atoms with Crippen molar-refractivity contribution in [3.63, 3.8) is 0 Å². The minimum Gasteiger partial charge on any atom is -0.358 e. The van der Waals surface area contributed by atoms with E-state index in [0.29, 0.717) is 5.02 Å². The maximum absolute atomic E-state index is 6.07. The van der Waals surface area contributed by atoms with E-state index in [1.165, 1.54) is 0 Å². The number of aryl methyl sites for hydroxylation is 1. The van der Waals surface area contributed by atoms with Gasteiger partial charge in [0.1, 0.15) is 0 Å². The molecule has 0 atom stereocenters. The van der Waals surface area contributed by atoms with Crippen molar-refractivity contribution in [3.05, 3.63) is 39.6 Å². The van der Waals surface area contributed by atoms with Crippen LogP contribution in [-0.2, 0) is 0 Å². The van der Waals surface area contributed by atoms with Crippen LogP contribution in [0.3, 0.4) is 0 Å². The van der Waals surface area contributed by atoms with Crippen LogP contribution in [-0.4, -0.2) is 16.6 Å². The van der Waals surface area contributed by atoms with Crippen LogP contribution in [0.1, 0.15) is 5.69 Å². The van der Waals surface area contributed by atoms with Crippen molar-refractivity contribution < 1.29 is 0 Å². The van der Waals surface area contributed by atoms with Crippen LogP contribution >= 0.6 is 27.5 Å². The molecule has 2 rings (SSSR count). The van der Waals surface area contributed by atoms with Crippen molar-refractivity contribution >= 4 is 33.5 Å². The van der Waals surface area contributed by atoms with E-state index in [-0.39, 0.29) is 0 Å². The van der Waals surface area contributed by atoms with Crippen molar-refractivity contribution in [3.8, 4) is 5.69 Å². The second-order valence-electron chi connectivity index (χ2n) is 3.40. The summed E-state index contributed by atoms with van der Waals surface area (Å²) in [6.07, 6.45) is 1.96. The third-order valence-corrected chi connectivity index (χ3v) is 3.62. The van der Waals surface area contributed by atoms with E-state index in [9.17, 15) is 0 Å². The van der Waals surface area contributed by atoms with Gasteiger partial charge in [-0.15, -0.1) is 0 Å². The molecule has 0 amide bonds. The summed E-state index contributed by atoms with van der Waals surface area (Å²) < 4.78 is 2.83. The van der Waals surface area contributed by atoms with Crippen LogP contribution in [0, 0.1) is 6.92 Å². The van der Waals surface area contributed by atoms with Gasteiger partial charge >= 0.3 is 0 Å². The Balaban J connectivity index is 2.62. The summed E-state index contributed by atoms with van der Waals surface area (Å²) in [4.78, 5) is 4.36. The number of rotatable bonds is 2. The lowest BCUT2D eigenvalue weighted by atomic mass is 10.3. The molecule has 0 aliphatic rings. The zero-order valence-electron chi connectivity index (χ0n) is 8.96. The molecule has 3 nitrogen and oxygen atoms in total. The van der Waals surface area contributed by atoms with E-state index >= 15 is 0 Å². The molecule has 5 heteroatoms. The highest BCUT2D eigenvalue weighted by Gasteiger charge is 2.10. The van der Waals surface area contributed by atoms with E-state index in [2.05, 4.69) is 26.2 Å². The number of hydrogen-bond acceptors (Lipinski definition) is 2. The molecule has 0 bridgehead atoms. The van der Waals surface area contributed by atoms with Crippen molar-refractivity contribution in [2.45, 2.75) is 6.92 Å². The number of anilines is 1. The molecule has 0 unspecified atom stereocenters. The maximum Gasteiger partial charge on any atom is 0.207 e. The fourth-order valence-electron chi connectivity index (χ4n) is 1.54. The molecule has 0 radical (unpaired) electrons. The van der Waals surface area contributed by atoms with E-state index in [1.807, 2.05) is 42.9 Å². The lowest BCUT2D eigenvalue weighted by molar-refractivity contribution is 1.05. The minimum atomic E-state index is 0.686. The van der Waals surface area contributed by atoms with Gasteiger partial charge in [0.15, 0.2) is 0 Å². The summed E-state index contributed by atoms with van der Waals surface area (Å²) in [6.45, 7) is 1.95. The van der Waals surface area contributed by atoms with Gasteiger partial charge < -0.3 is 5.32 Å². The van der Waals surface area contributed by atoms with Crippen molar-refractivity contribution in [2.75, 3.05) is 12.4 Å². The Hall–Kier alpha value is -1.000. The van der Waals surface area contributed by atoms with E-state index in [1.54, 1.807) is 0 Å². The Bertz CT molecular complexity index is 522. The Labute approximate surface area is 108 Å². The lowest BCUT2D eigenvalue weighted by Crippen LogP contribution is -2.01. The van der Waals surface area contributed by atoms with Gasteiger partial charge in [-0.2, -0.15) is 0 Å². The number of nitrogens with zero attached hydrogens (tertiary/aromatic N) is 2. The zero-order chi connectivity index (χ0) is 11.7. The van der Waals surface area contributed by atoms with E-state index in [4.69, 9.17) is 11.6 Å². The highest BCUT2D eigenvalue weighted by Crippen LogP contribution is 2.30. The standard InChI is InChI=1S/C11H11BrClN3/c1-7-6-16(11(14-2)15-7)9-5-3-4-8(13)10(9)12/h3-6H,1-2H3,(H,14,15). The molecular weight excluding hydrogens is 289 g/mol. The predicted octanol–water partition coefficient (Wildman–Crippen LogP) is 3.64. The molecule has 0 spiro atoms. The minimum absolute atomic E-state index is 0.686. The van der Waals surface area contributed by atoms with Gasteiger partial charge in [-0.1, -0.05) is 17.7 Å². The third kappa shape index (κ3) is 1.95. The molecule has 0 aliphatic carbocycles. The largest absolute Gasteiger partial charge is 0.358 e. The van der Waals surface area contributed by atoms with Crippen LogP contribution < -0.4 is 5.32 Å². The van der Waals surface area contributed by atoms with Crippen LogP contribution in [0.25, 0.3) is 5.69 Å². The van der Waals surface area contributed by atoms with Crippen molar-refractivity contribution in [1.82, 2.24) is 9.55 Å². The van der Waals surface area contributed by atoms with Crippen LogP contribution in [0.15, 0.2) is 28.9 Å². The van der Waals surface area contributed by atoms with Crippen molar-refractivity contribution in [2.24, 2.45) is 0 Å². The molecule has 1 N–H and O–H groups in total. The molecule has 1 aromatic heterocycles. The number of imidazole rings is 1. The Kier molecular flexibility index (Phi) is 3.21. The molecule has 0 aliphatic heterocycles. The average Bonchev–Trinajstić information content (AvgIpc) is 2.63. The summed E-state index contributed by atoms with van der Waals surface area (Å²) in [5.41, 5.74) is 1.92. The first-order valence-electron chi connectivity index (χ1n) is 4.81. The molecule has 0 fully saturated rings. The first-order chi connectivity index (χ1) is 7.63. The first-order valence-corrected chi connectivity index (χ1v) is 5.98. The van der Waals surface area contributed by atoms with E-state index < -0.39 is 0 Å². The summed E-state index contributed by atoms with van der Waals surface area (Å²) >= 11 is 9.55. The number of aromatic nitrogens is 2. The van der Waals surface area contributed by atoms with Crippen LogP contribution in [0.5, 0.6) is 0 Å². The van der Waals surface area contributed by atoms with Crippen LogP contribution in [0.4, 0.5) is 5.95 Å². The van der Waals surface area contributed by atoms with Crippen molar-refractivity contribution in [1.29, 1.82) is 0 Å². The number of hydrogen-bond donors (Lipinski definition) is 1. The molecule has 1 aromatic carbocycles. The average molecular weight is 301 g/mol. The number of nitrogens with one attached hydrogen (secondary N) is 1. The van der Waals surface area contributed by atoms with Gasteiger partial charge in [0.25, 0.3) is 0 Å².